The number of nitrogens with one attached hydrogen (secondary N) is 1. The van der Waals surface area contributed by atoms with Crippen LogP contribution in [0.25, 0.3) is 0 Å². The Balaban J connectivity index is 0.00000220. The molecule has 0 aliphatic heterocycles. The summed E-state index contributed by atoms with van der Waals surface area (Å²) in [7, 11) is 1.69. The molecule has 114 valence electrons. The zero-order chi connectivity index (χ0) is 14.2. The van der Waals surface area contributed by atoms with Gasteiger partial charge < -0.3 is 10.1 Å². The first-order valence-corrected chi connectivity index (χ1v) is 7.18. The highest BCUT2D eigenvalue weighted by Crippen LogP contribution is 2.11. The highest BCUT2D eigenvalue weighted by Gasteiger charge is 2.02. The fourth-order valence-corrected chi connectivity index (χ4v) is 2.17. The second-order valence-corrected chi connectivity index (χ2v) is 5.15. The largest absolute Gasteiger partial charge is 0.497 e. The molecule has 0 fully saturated rings. The molecule has 0 saturated carbocycles. The minimum Gasteiger partial charge on any atom is -0.497 e. The summed E-state index contributed by atoms with van der Waals surface area (Å²) in [5.41, 5.74) is 2.70. The van der Waals surface area contributed by atoms with Crippen LogP contribution in [0.1, 0.15) is 24.5 Å². The number of halogens is 1. The van der Waals surface area contributed by atoms with E-state index in [4.69, 9.17) is 4.74 Å². The van der Waals surface area contributed by atoms with Gasteiger partial charge in [0.05, 0.1) is 7.11 Å². The number of methoxy groups -OCH3 is 1. The molecular formula is C18H24ClNO. The zero-order valence-corrected chi connectivity index (χ0v) is 13.5. The number of benzene rings is 2. The van der Waals surface area contributed by atoms with Gasteiger partial charge in [-0.05, 0) is 43.0 Å². The molecule has 1 unspecified atom stereocenters. The van der Waals surface area contributed by atoms with E-state index < -0.39 is 0 Å². The van der Waals surface area contributed by atoms with E-state index in [1.807, 2.05) is 12.1 Å². The summed E-state index contributed by atoms with van der Waals surface area (Å²) in [5, 5.41) is 3.57. The maximum Gasteiger partial charge on any atom is 0.118 e. The minimum absolute atomic E-state index is 0. The highest BCUT2D eigenvalue weighted by atomic mass is 35.5. The Bertz CT molecular complexity index is 498. The van der Waals surface area contributed by atoms with E-state index in [9.17, 15) is 0 Å². The maximum absolute atomic E-state index is 5.16. The highest BCUT2D eigenvalue weighted by molar-refractivity contribution is 5.85. The first-order valence-electron chi connectivity index (χ1n) is 7.18. The molecule has 2 nitrogen and oxygen atoms in total. The minimum atomic E-state index is 0. The van der Waals surface area contributed by atoms with E-state index in [0.29, 0.717) is 6.04 Å². The van der Waals surface area contributed by atoms with Crippen LogP contribution in [0.5, 0.6) is 5.75 Å². The molecule has 2 aromatic carbocycles. The lowest BCUT2D eigenvalue weighted by molar-refractivity contribution is 0.414. The summed E-state index contributed by atoms with van der Waals surface area (Å²) >= 11 is 0. The summed E-state index contributed by atoms with van der Waals surface area (Å²) in [6.45, 7) is 3.15. The number of hydrogen-bond donors (Lipinski definition) is 1. The van der Waals surface area contributed by atoms with E-state index in [0.717, 1.165) is 25.1 Å². The van der Waals surface area contributed by atoms with Crippen molar-refractivity contribution in [2.24, 2.45) is 0 Å². The van der Waals surface area contributed by atoms with Crippen molar-refractivity contribution in [2.75, 3.05) is 7.11 Å². The van der Waals surface area contributed by atoms with Crippen LogP contribution in [0.15, 0.2) is 54.6 Å². The quantitative estimate of drug-likeness (QED) is 0.826. The van der Waals surface area contributed by atoms with E-state index in [-0.39, 0.29) is 12.4 Å². The molecule has 0 saturated heterocycles. The van der Waals surface area contributed by atoms with Crippen molar-refractivity contribution < 1.29 is 4.74 Å². The van der Waals surface area contributed by atoms with Gasteiger partial charge in [-0.2, -0.15) is 0 Å². The number of rotatable bonds is 7. The van der Waals surface area contributed by atoms with Crippen molar-refractivity contribution in [3.8, 4) is 5.75 Å². The van der Waals surface area contributed by atoms with Gasteiger partial charge in [0.25, 0.3) is 0 Å². The Morgan fingerprint density at radius 1 is 0.952 bits per heavy atom. The second-order valence-electron chi connectivity index (χ2n) is 5.15. The molecule has 1 N–H and O–H groups in total. The van der Waals surface area contributed by atoms with Gasteiger partial charge >= 0.3 is 0 Å². The van der Waals surface area contributed by atoms with Crippen LogP contribution in [-0.2, 0) is 13.0 Å². The third-order valence-corrected chi connectivity index (χ3v) is 3.52. The lowest BCUT2D eigenvalue weighted by Gasteiger charge is -2.14. The molecule has 0 bridgehead atoms. The molecule has 0 spiro atoms. The Morgan fingerprint density at radius 2 is 1.62 bits per heavy atom. The Morgan fingerprint density at radius 3 is 2.24 bits per heavy atom. The number of ether oxygens (including phenoxy) is 1. The summed E-state index contributed by atoms with van der Waals surface area (Å²) < 4.78 is 5.16. The van der Waals surface area contributed by atoms with Gasteiger partial charge in [-0.25, -0.2) is 0 Å². The van der Waals surface area contributed by atoms with Gasteiger partial charge in [0.15, 0.2) is 0 Å². The van der Waals surface area contributed by atoms with Gasteiger partial charge in [0.2, 0.25) is 0 Å². The van der Waals surface area contributed by atoms with Crippen molar-refractivity contribution in [2.45, 2.75) is 32.4 Å². The van der Waals surface area contributed by atoms with Crippen molar-refractivity contribution in [1.29, 1.82) is 0 Å². The third-order valence-electron chi connectivity index (χ3n) is 3.52. The number of hydrogen-bond acceptors (Lipinski definition) is 2. The SMILES string of the molecule is COc1ccc(CNC(C)CCc2ccccc2)cc1.Cl. The number of aryl methyl sites for hydroxylation is 1. The molecular weight excluding hydrogens is 282 g/mol. The average Bonchev–Trinajstić information content (AvgIpc) is 2.52. The van der Waals surface area contributed by atoms with Crippen LogP contribution in [0.3, 0.4) is 0 Å². The van der Waals surface area contributed by atoms with Gasteiger partial charge in [-0.3, -0.25) is 0 Å². The molecule has 0 aliphatic carbocycles. The fraction of sp³-hybridized carbons (Fsp3) is 0.333. The van der Waals surface area contributed by atoms with E-state index in [2.05, 4.69) is 54.7 Å². The van der Waals surface area contributed by atoms with Crippen molar-refractivity contribution in [3.05, 3.63) is 65.7 Å². The Labute approximate surface area is 133 Å². The van der Waals surface area contributed by atoms with Crippen LogP contribution in [0.2, 0.25) is 0 Å². The van der Waals surface area contributed by atoms with E-state index >= 15 is 0 Å². The maximum atomic E-state index is 5.16. The zero-order valence-electron chi connectivity index (χ0n) is 12.7. The molecule has 1 atom stereocenters. The van der Waals surface area contributed by atoms with Gasteiger partial charge in [0, 0.05) is 12.6 Å². The van der Waals surface area contributed by atoms with Crippen LogP contribution in [0, 0.1) is 0 Å². The molecule has 0 aromatic heterocycles. The van der Waals surface area contributed by atoms with Crippen molar-refractivity contribution in [1.82, 2.24) is 5.32 Å². The normalized spacial score (nSPS) is 11.5. The summed E-state index contributed by atoms with van der Waals surface area (Å²) in [6, 6.07) is 19.4. The summed E-state index contributed by atoms with van der Waals surface area (Å²) in [6.07, 6.45) is 2.28. The molecule has 3 heteroatoms. The monoisotopic (exact) mass is 305 g/mol. The van der Waals surface area contributed by atoms with Crippen LogP contribution in [-0.4, -0.2) is 13.2 Å². The molecule has 0 heterocycles. The first kappa shape index (κ1) is 17.5. The molecule has 0 aliphatic rings. The lowest BCUT2D eigenvalue weighted by atomic mass is 10.1. The topological polar surface area (TPSA) is 21.3 Å². The summed E-state index contributed by atoms with van der Waals surface area (Å²) in [5.74, 6) is 0.908. The first-order chi connectivity index (χ1) is 9.78. The predicted octanol–water partition coefficient (Wildman–Crippen LogP) is 4.23. The van der Waals surface area contributed by atoms with Crippen LogP contribution >= 0.6 is 12.4 Å². The van der Waals surface area contributed by atoms with Crippen LogP contribution < -0.4 is 10.1 Å². The van der Waals surface area contributed by atoms with Crippen molar-refractivity contribution in [3.63, 3.8) is 0 Å². The van der Waals surface area contributed by atoms with Crippen LogP contribution in [0.4, 0.5) is 0 Å². The predicted molar refractivity (Wildman–Crippen MR) is 91.3 cm³/mol. The smallest absolute Gasteiger partial charge is 0.118 e. The Hall–Kier alpha value is -1.51. The standard InChI is InChI=1S/C18H23NO.ClH/c1-15(8-9-16-6-4-3-5-7-16)19-14-17-10-12-18(20-2)13-11-17;/h3-7,10-13,15,19H,8-9,14H2,1-2H3;1H. The fourth-order valence-electron chi connectivity index (χ4n) is 2.17. The molecule has 2 aromatic rings. The van der Waals surface area contributed by atoms with Crippen molar-refractivity contribution >= 4 is 12.4 Å². The molecule has 21 heavy (non-hydrogen) atoms. The Kier molecular flexibility index (Phi) is 7.88. The molecule has 0 amide bonds. The van der Waals surface area contributed by atoms with Gasteiger partial charge in [-0.1, -0.05) is 42.5 Å². The second kappa shape index (κ2) is 9.43. The van der Waals surface area contributed by atoms with E-state index in [1.165, 1.54) is 11.1 Å². The lowest BCUT2D eigenvalue weighted by Crippen LogP contribution is -2.25. The van der Waals surface area contributed by atoms with Gasteiger partial charge in [0.1, 0.15) is 5.75 Å². The third kappa shape index (κ3) is 6.19. The van der Waals surface area contributed by atoms with E-state index in [1.54, 1.807) is 7.11 Å². The summed E-state index contributed by atoms with van der Waals surface area (Å²) in [4.78, 5) is 0. The molecule has 2 rings (SSSR count). The molecule has 0 radical (unpaired) electrons. The van der Waals surface area contributed by atoms with Gasteiger partial charge in [-0.15, -0.1) is 12.4 Å². The average molecular weight is 306 g/mol.